The van der Waals surface area contributed by atoms with Crippen molar-refractivity contribution < 1.29 is 17.9 Å². The third-order valence-electron chi connectivity index (χ3n) is 1.31. The molecule has 15 heavy (non-hydrogen) atoms. The Balaban J connectivity index is 3.13. The lowest BCUT2D eigenvalue weighted by molar-refractivity contribution is -0.274. The van der Waals surface area contributed by atoms with Crippen LogP contribution in [-0.2, 0) is 0 Å². The number of ether oxygens (including phenoxy) is 1. The molecule has 1 aromatic rings. The summed E-state index contributed by atoms with van der Waals surface area (Å²) in [5.41, 5.74) is -0.0227. The monoisotopic (exact) mass is 297 g/mol. The van der Waals surface area contributed by atoms with E-state index in [4.69, 9.17) is 0 Å². The Morgan fingerprint density at radius 3 is 2.60 bits per heavy atom. The smallest absolute Gasteiger partial charge is 0.403 e. The second-order valence-corrected chi connectivity index (χ2v) is 3.46. The number of thiocarbonyl (C=S) groups is 1. The maximum absolute atomic E-state index is 12.0. The van der Waals surface area contributed by atoms with E-state index in [1.54, 1.807) is 0 Å². The normalized spacial score (nSPS) is 10.7. The van der Waals surface area contributed by atoms with Gasteiger partial charge in [-0.05, 0) is 30.4 Å². The van der Waals surface area contributed by atoms with Crippen molar-refractivity contribution in [3.05, 3.63) is 22.7 Å². The molecule has 2 nitrogen and oxygen atoms in total. The number of rotatable bonds is 2. The number of aliphatic imine (C=N–C) groups is 1. The molecule has 0 aliphatic rings. The van der Waals surface area contributed by atoms with Crippen molar-refractivity contribution >= 4 is 39.0 Å². The Bertz CT molecular complexity index is 415. The minimum Gasteiger partial charge on any atom is -0.403 e. The highest BCUT2D eigenvalue weighted by atomic mass is 79.9. The van der Waals surface area contributed by atoms with Gasteiger partial charge in [0, 0.05) is 4.47 Å². The lowest BCUT2D eigenvalue weighted by Gasteiger charge is -2.10. The maximum atomic E-state index is 12.0. The minimum atomic E-state index is -4.76. The molecule has 0 amide bonds. The average Bonchev–Trinajstić information content (AvgIpc) is 2.07. The maximum Gasteiger partial charge on any atom is 0.573 e. The highest BCUT2D eigenvalue weighted by Gasteiger charge is 2.32. The summed E-state index contributed by atoms with van der Waals surface area (Å²) in [4.78, 5) is 3.45. The lowest BCUT2D eigenvalue weighted by atomic mass is 10.3. The van der Waals surface area contributed by atoms with Gasteiger partial charge in [0.1, 0.15) is 5.69 Å². The molecule has 1 rings (SSSR count). The predicted molar refractivity (Wildman–Crippen MR) is 55.5 cm³/mol. The third kappa shape index (κ3) is 3.99. The number of halogens is 4. The molecule has 80 valence electrons. The van der Waals surface area contributed by atoms with Crippen LogP contribution >= 0.6 is 28.1 Å². The van der Waals surface area contributed by atoms with Crippen molar-refractivity contribution in [1.82, 2.24) is 0 Å². The van der Waals surface area contributed by atoms with Crippen LogP contribution in [0.15, 0.2) is 27.7 Å². The van der Waals surface area contributed by atoms with Crippen LogP contribution in [0.5, 0.6) is 5.75 Å². The first-order valence-electron chi connectivity index (χ1n) is 3.55. The van der Waals surface area contributed by atoms with Gasteiger partial charge in [0.2, 0.25) is 0 Å². The zero-order valence-electron chi connectivity index (χ0n) is 7.01. The SMILES string of the molecule is FC(F)(F)Oc1cc(Br)ccc1N=C=S. The Morgan fingerprint density at radius 1 is 1.40 bits per heavy atom. The molecule has 0 heterocycles. The van der Waals surface area contributed by atoms with Crippen LogP contribution in [0.25, 0.3) is 0 Å². The molecular formula is C8H3BrF3NOS. The first-order valence-corrected chi connectivity index (χ1v) is 4.75. The van der Waals surface area contributed by atoms with Gasteiger partial charge < -0.3 is 4.74 Å². The van der Waals surface area contributed by atoms with E-state index in [-0.39, 0.29) is 5.69 Å². The van der Waals surface area contributed by atoms with Crippen molar-refractivity contribution in [2.24, 2.45) is 4.99 Å². The van der Waals surface area contributed by atoms with Gasteiger partial charge in [-0.2, -0.15) is 4.99 Å². The zero-order chi connectivity index (χ0) is 11.5. The minimum absolute atomic E-state index is 0.0227. The molecule has 0 saturated heterocycles. The van der Waals surface area contributed by atoms with Crippen molar-refractivity contribution in [2.45, 2.75) is 6.36 Å². The van der Waals surface area contributed by atoms with Crippen LogP contribution in [-0.4, -0.2) is 11.5 Å². The number of nitrogens with zero attached hydrogens (tertiary/aromatic N) is 1. The molecule has 7 heteroatoms. The van der Waals surface area contributed by atoms with E-state index in [1.807, 2.05) is 5.16 Å². The number of hydrogen-bond donors (Lipinski definition) is 0. The highest BCUT2D eigenvalue weighted by molar-refractivity contribution is 9.10. The summed E-state index contributed by atoms with van der Waals surface area (Å²) in [6.07, 6.45) is -4.76. The molecular weight excluding hydrogens is 295 g/mol. The number of alkyl halides is 3. The predicted octanol–water partition coefficient (Wildman–Crippen LogP) is 4.08. The molecule has 0 aliphatic carbocycles. The highest BCUT2D eigenvalue weighted by Crippen LogP contribution is 2.34. The van der Waals surface area contributed by atoms with Gasteiger partial charge in [-0.15, -0.1) is 13.2 Å². The Kier molecular flexibility index (Phi) is 3.84. The van der Waals surface area contributed by atoms with E-state index in [1.165, 1.54) is 12.1 Å². The summed E-state index contributed by atoms with van der Waals surface area (Å²) >= 11 is 7.32. The van der Waals surface area contributed by atoms with Crippen molar-refractivity contribution in [3.63, 3.8) is 0 Å². The summed E-state index contributed by atoms with van der Waals surface area (Å²) in [5, 5.41) is 1.98. The van der Waals surface area contributed by atoms with E-state index in [0.717, 1.165) is 6.07 Å². The topological polar surface area (TPSA) is 21.6 Å². The fraction of sp³-hybridized carbons (Fsp3) is 0.125. The number of hydrogen-bond acceptors (Lipinski definition) is 3. The molecule has 0 saturated carbocycles. The first-order chi connectivity index (χ1) is 6.92. The molecule has 0 radical (unpaired) electrons. The fourth-order valence-electron chi connectivity index (χ4n) is 0.836. The van der Waals surface area contributed by atoms with E-state index >= 15 is 0 Å². The van der Waals surface area contributed by atoms with E-state index in [9.17, 15) is 13.2 Å². The van der Waals surface area contributed by atoms with Gasteiger partial charge in [-0.25, -0.2) is 0 Å². The van der Waals surface area contributed by atoms with Crippen LogP contribution < -0.4 is 4.74 Å². The van der Waals surface area contributed by atoms with Crippen LogP contribution in [0.3, 0.4) is 0 Å². The standard InChI is InChI=1S/C8H3BrF3NOS/c9-5-1-2-6(13-4-15)7(3-5)14-8(10,11)12/h1-3H. The van der Waals surface area contributed by atoms with Crippen LogP contribution in [0.1, 0.15) is 0 Å². The zero-order valence-corrected chi connectivity index (χ0v) is 9.41. The van der Waals surface area contributed by atoms with Gasteiger partial charge in [0.25, 0.3) is 0 Å². The molecule has 0 spiro atoms. The van der Waals surface area contributed by atoms with Gasteiger partial charge in [-0.3, -0.25) is 0 Å². The molecule has 0 unspecified atom stereocenters. The summed E-state index contributed by atoms with van der Waals surface area (Å²) in [6.45, 7) is 0. The van der Waals surface area contributed by atoms with Gasteiger partial charge >= 0.3 is 6.36 Å². The van der Waals surface area contributed by atoms with Crippen LogP contribution in [0, 0.1) is 0 Å². The van der Waals surface area contributed by atoms with Gasteiger partial charge in [-0.1, -0.05) is 15.9 Å². The van der Waals surface area contributed by atoms with E-state index < -0.39 is 12.1 Å². The average molecular weight is 298 g/mol. The molecule has 1 aromatic carbocycles. The summed E-state index contributed by atoms with van der Waals surface area (Å²) in [7, 11) is 0. The van der Waals surface area contributed by atoms with Crippen molar-refractivity contribution in [2.75, 3.05) is 0 Å². The quantitative estimate of drug-likeness (QED) is 0.606. The Hall–Kier alpha value is -0.910. The molecule has 0 aliphatic heterocycles. The summed E-state index contributed by atoms with van der Waals surface area (Å²) < 4.78 is 40.1. The number of isothiocyanates is 1. The second kappa shape index (κ2) is 4.74. The van der Waals surface area contributed by atoms with Gasteiger partial charge in [0.15, 0.2) is 5.75 Å². The second-order valence-electron chi connectivity index (χ2n) is 2.36. The van der Waals surface area contributed by atoms with Crippen LogP contribution in [0.4, 0.5) is 18.9 Å². The molecule has 0 atom stereocenters. The number of benzene rings is 1. The summed E-state index contributed by atoms with van der Waals surface area (Å²) in [6, 6.07) is 4.01. The van der Waals surface area contributed by atoms with E-state index in [0.29, 0.717) is 4.47 Å². The molecule has 0 bridgehead atoms. The van der Waals surface area contributed by atoms with Crippen molar-refractivity contribution in [3.8, 4) is 5.75 Å². The molecule has 0 N–H and O–H groups in total. The third-order valence-corrected chi connectivity index (χ3v) is 1.90. The van der Waals surface area contributed by atoms with E-state index in [2.05, 4.69) is 37.9 Å². The fourth-order valence-corrected chi connectivity index (χ4v) is 1.27. The first kappa shape index (κ1) is 12.2. The Labute approximate surface area is 96.9 Å². The summed E-state index contributed by atoms with van der Waals surface area (Å²) in [5.74, 6) is -0.422. The lowest BCUT2D eigenvalue weighted by Crippen LogP contribution is -2.17. The molecule has 0 fully saturated rings. The molecule has 0 aromatic heterocycles. The van der Waals surface area contributed by atoms with Gasteiger partial charge in [0.05, 0.1) is 5.16 Å². The van der Waals surface area contributed by atoms with Crippen molar-refractivity contribution in [1.29, 1.82) is 0 Å². The van der Waals surface area contributed by atoms with Crippen LogP contribution in [0.2, 0.25) is 0 Å². The largest absolute Gasteiger partial charge is 0.573 e. The Morgan fingerprint density at radius 2 is 2.07 bits per heavy atom.